The van der Waals surface area contributed by atoms with E-state index in [0.717, 1.165) is 27.3 Å². The number of hydrogen-bond donors (Lipinski definition) is 1. The summed E-state index contributed by atoms with van der Waals surface area (Å²) in [6, 6.07) is 12.8. The maximum absolute atomic E-state index is 14.1. The van der Waals surface area contributed by atoms with Crippen LogP contribution in [0, 0.1) is 19.7 Å². The predicted molar refractivity (Wildman–Crippen MR) is 86.8 cm³/mol. The topological polar surface area (TPSA) is 38.9 Å². The maximum Gasteiger partial charge on any atom is 0.181 e. The molecular formula is C17H15FN2S. The molecule has 3 aromatic rings. The van der Waals surface area contributed by atoms with Gasteiger partial charge >= 0.3 is 0 Å². The quantitative estimate of drug-likeness (QED) is 0.737. The largest absolute Gasteiger partial charge is 0.375 e. The summed E-state index contributed by atoms with van der Waals surface area (Å²) in [5.74, 6) is -0.256. The fourth-order valence-electron chi connectivity index (χ4n) is 2.52. The molecule has 2 nitrogen and oxygen atoms in total. The first-order chi connectivity index (χ1) is 10.1. The van der Waals surface area contributed by atoms with Gasteiger partial charge in [0.1, 0.15) is 5.82 Å². The number of rotatable bonds is 2. The number of nitrogens with zero attached hydrogens (tertiary/aromatic N) is 1. The molecule has 0 fully saturated rings. The van der Waals surface area contributed by atoms with E-state index in [4.69, 9.17) is 5.73 Å². The lowest BCUT2D eigenvalue weighted by molar-refractivity contribution is 0.631. The standard InChI is InChI=1S/C17H15FN2S/c1-10-6-5-7-11(2)14(10)15-16(21-17(19)20-15)12-8-3-4-9-13(12)18/h3-9H,1-2H3,(H2,19,20). The molecule has 1 aromatic heterocycles. The summed E-state index contributed by atoms with van der Waals surface area (Å²) in [5, 5.41) is 0.450. The first-order valence-corrected chi connectivity index (χ1v) is 7.47. The van der Waals surface area contributed by atoms with Crippen LogP contribution < -0.4 is 5.73 Å². The number of benzene rings is 2. The number of thiazole rings is 1. The van der Waals surface area contributed by atoms with Gasteiger partial charge < -0.3 is 5.73 Å². The van der Waals surface area contributed by atoms with Crippen molar-refractivity contribution in [1.82, 2.24) is 4.98 Å². The average Bonchev–Trinajstić information content (AvgIpc) is 2.81. The number of anilines is 1. The highest BCUT2D eigenvalue weighted by atomic mass is 32.1. The fraction of sp³-hybridized carbons (Fsp3) is 0.118. The highest BCUT2D eigenvalue weighted by Gasteiger charge is 2.19. The predicted octanol–water partition coefficient (Wildman–Crippen LogP) is 4.82. The third-order valence-electron chi connectivity index (χ3n) is 3.48. The van der Waals surface area contributed by atoms with Crippen molar-refractivity contribution in [3.05, 3.63) is 59.4 Å². The second kappa shape index (κ2) is 5.30. The Morgan fingerprint density at radius 1 is 1.00 bits per heavy atom. The van der Waals surface area contributed by atoms with Crippen LogP contribution in [0.25, 0.3) is 21.7 Å². The Balaban J connectivity index is 2.29. The van der Waals surface area contributed by atoms with Crippen LogP contribution in [0.3, 0.4) is 0 Å². The number of halogens is 1. The molecule has 106 valence electrons. The van der Waals surface area contributed by atoms with Crippen LogP contribution in [0.5, 0.6) is 0 Å². The molecule has 21 heavy (non-hydrogen) atoms. The normalized spacial score (nSPS) is 10.8. The molecule has 2 aromatic carbocycles. The van der Waals surface area contributed by atoms with E-state index in [-0.39, 0.29) is 5.82 Å². The summed E-state index contributed by atoms with van der Waals surface area (Å²) < 4.78 is 14.1. The molecule has 0 amide bonds. The van der Waals surface area contributed by atoms with Gasteiger partial charge in [0.05, 0.1) is 10.6 Å². The van der Waals surface area contributed by atoms with E-state index in [1.54, 1.807) is 12.1 Å². The Morgan fingerprint density at radius 2 is 1.67 bits per heavy atom. The van der Waals surface area contributed by atoms with Gasteiger partial charge in [0, 0.05) is 11.1 Å². The molecule has 0 aliphatic rings. The van der Waals surface area contributed by atoms with Crippen LogP contribution in [0.1, 0.15) is 11.1 Å². The summed E-state index contributed by atoms with van der Waals surface area (Å²) in [4.78, 5) is 5.23. The Kier molecular flexibility index (Phi) is 3.47. The maximum atomic E-state index is 14.1. The summed E-state index contributed by atoms with van der Waals surface area (Å²) >= 11 is 1.32. The molecule has 0 aliphatic carbocycles. The van der Waals surface area contributed by atoms with Crippen LogP contribution in [0.15, 0.2) is 42.5 Å². The molecule has 0 bridgehead atoms. The van der Waals surface area contributed by atoms with Gasteiger partial charge in [-0.2, -0.15) is 0 Å². The summed E-state index contributed by atoms with van der Waals surface area (Å²) in [7, 11) is 0. The van der Waals surface area contributed by atoms with Gasteiger partial charge in [-0.05, 0) is 31.0 Å². The summed E-state index contributed by atoms with van der Waals surface area (Å²) in [6.07, 6.45) is 0. The minimum Gasteiger partial charge on any atom is -0.375 e. The lowest BCUT2D eigenvalue weighted by Gasteiger charge is -2.10. The van der Waals surface area contributed by atoms with Crippen molar-refractivity contribution in [1.29, 1.82) is 0 Å². The van der Waals surface area contributed by atoms with Crippen LogP contribution in [-0.2, 0) is 0 Å². The van der Waals surface area contributed by atoms with Crippen molar-refractivity contribution in [2.24, 2.45) is 0 Å². The first kappa shape index (κ1) is 13.8. The van der Waals surface area contributed by atoms with E-state index in [2.05, 4.69) is 4.98 Å². The van der Waals surface area contributed by atoms with Crippen LogP contribution in [0.4, 0.5) is 9.52 Å². The molecular weight excluding hydrogens is 283 g/mol. The third kappa shape index (κ3) is 2.43. The Hall–Kier alpha value is -2.20. The molecule has 0 saturated heterocycles. The number of hydrogen-bond acceptors (Lipinski definition) is 3. The van der Waals surface area contributed by atoms with E-state index in [1.807, 2.05) is 38.1 Å². The zero-order chi connectivity index (χ0) is 15.0. The number of aryl methyl sites for hydroxylation is 2. The van der Waals surface area contributed by atoms with Gasteiger partial charge in [0.15, 0.2) is 5.13 Å². The lowest BCUT2D eigenvalue weighted by atomic mass is 9.97. The molecule has 0 atom stereocenters. The zero-order valence-electron chi connectivity index (χ0n) is 11.9. The molecule has 3 rings (SSSR count). The van der Waals surface area contributed by atoms with Gasteiger partial charge in [0.2, 0.25) is 0 Å². The summed E-state index contributed by atoms with van der Waals surface area (Å²) in [5.41, 5.74) is 10.4. The smallest absolute Gasteiger partial charge is 0.181 e. The highest BCUT2D eigenvalue weighted by Crippen LogP contribution is 2.41. The SMILES string of the molecule is Cc1cccc(C)c1-c1nc(N)sc1-c1ccccc1F. The van der Waals surface area contributed by atoms with Gasteiger partial charge in [-0.3, -0.25) is 0 Å². The molecule has 0 spiro atoms. The minimum atomic E-state index is -0.256. The van der Waals surface area contributed by atoms with Crippen molar-refractivity contribution in [3.8, 4) is 21.7 Å². The van der Waals surface area contributed by atoms with Gasteiger partial charge in [-0.25, -0.2) is 9.37 Å². The van der Waals surface area contributed by atoms with Crippen LogP contribution in [0.2, 0.25) is 0 Å². The zero-order valence-corrected chi connectivity index (χ0v) is 12.7. The van der Waals surface area contributed by atoms with E-state index in [9.17, 15) is 4.39 Å². The van der Waals surface area contributed by atoms with Gasteiger partial charge in [0.25, 0.3) is 0 Å². The molecule has 0 unspecified atom stereocenters. The molecule has 0 saturated carbocycles. The van der Waals surface area contributed by atoms with E-state index >= 15 is 0 Å². The Bertz CT molecular complexity index is 788. The second-order valence-electron chi connectivity index (χ2n) is 4.98. The molecule has 0 aliphatic heterocycles. The van der Waals surface area contributed by atoms with Crippen molar-refractivity contribution >= 4 is 16.5 Å². The fourth-order valence-corrected chi connectivity index (χ4v) is 3.39. The van der Waals surface area contributed by atoms with Gasteiger partial charge in [-0.15, -0.1) is 0 Å². The molecule has 1 heterocycles. The Morgan fingerprint density at radius 3 is 2.33 bits per heavy atom. The third-order valence-corrected chi connectivity index (χ3v) is 4.40. The van der Waals surface area contributed by atoms with Crippen molar-refractivity contribution in [2.75, 3.05) is 5.73 Å². The monoisotopic (exact) mass is 298 g/mol. The van der Waals surface area contributed by atoms with E-state index < -0.39 is 0 Å². The number of aromatic nitrogens is 1. The number of nitrogens with two attached hydrogens (primary N) is 1. The van der Waals surface area contributed by atoms with E-state index in [0.29, 0.717) is 10.7 Å². The summed E-state index contributed by atoms with van der Waals surface area (Å²) in [6.45, 7) is 4.06. The average molecular weight is 298 g/mol. The van der Waals surface area contributed by atoms with Crippen molar-refractivity contribution in [3.63, 3.8) is 0 Å². The highest BCUT2D eigenvalue weighted by molar-refractivity contribution is 7.19. The van der Waals surface area contributed by atoms with Crippen LogP contribution in [-0.4, -0.2) is 4.98 Å². The molecule has 2 N–H and O–H groups in total. The minimum absolute atomic E-state index is 0.256. The van der Waals surface area contributed by atoms with Gasteiger partial charge in [-0.1, -0.05) is 47.7 Å². The first-order valence-electron chi connectivity index (χ1n) is 6.65. The van der Waals surface area contributed by atoms with Crippen LogP contribution >= 0.6 is 11.3 Å². The van der Waals surface area contributed by atoms with E-state index in [1.165, 1.54) is 17.4 Å². The van der Waals surface area contributed by atoms with Crippen molar-refractivity contribution < 1.29 is 4.39 Å². The second-order valence-corrected chi connectivity index (χ2v) is 6.01. The Labute approximate surface area is 127 Å². The number of nitrogen functional groups attached to an aromatic ring is 1. The lowest BCUT2D eigenvalue weighted by Crippen LogP contribution is -1.92. The molecule has 4 heteroatoms. The molecule has 0 radical (unpaired) electrons. The van der Waals surface area contributed by atoms with Crippen molar-refractivity contribution in [2.45, 2.75) is 13.8 Å².